The van der Waals surface area contributed by atoms with Gasteiger partial charge >= 0.3 is 6.18 Å². The first-order valence-electron chi connectivity index (χ1n) is 7.27. The zero-order valence-electron chi connectivity index (χ0n) is 12.6. The molecule has 0 saturated carbocycles. The summed E-state index contributed by atoms with van der Waals surface area (Å²) >= 11 is 0. The van der Waals surface area contributed by atoms with Crippen LogP contribution in [0, 0.1) is 0 Å². The molecular weight excluding hydrogens is 311 g/mol. The highest BCUT2D eigenvalue weighted by Crippen LogP contribution is 2.32. The molecule has 0 bridgehead atoms. The second kappa shape index (κ2) is 6.99. The molecule has 1 saturated heterocycles. The number of alkyl halides is 3. The number of nitrogens with one attached hydrogen (secondary N) is 3. The first kappa shape index (κ1) is 17.3. The van der Waals surface area contributed by atoms with E-state index in [0.717, 1.165) is 31.5 Å². The molecule has 0 radical (unpaired) electrons. The van der Waals surface area contributed by atoms with Crippen molar-refractivity contribution in [3.8, 4) is 0 Å². The summed E-state index contributed by atoms with van der Waals surface area (Å²) in [5, 5.41) is 8.08. The second-order valence-electron chi connectivity index (χ2n) is 5.48. The summed E-state index contributed by atoms with van der Waals surface area (Å²) in [4.78, 5) is 23.2. The average Bonchev–Trinajstić information content (AvgIpc) is 2.96. The molecule has 1 fully saturated rings. The van der Waals surface area contributed by atoms with Gasteiger partial charge in [0.2, 0.25) is 5.91 Å². The first-order chi connectivity index (χ1) is 10.8. The zero-order chi connectivity index (χ0) is 17.0. The lowest BCUT2D eigenvalue weighted by Crippen LogP contribution is -2.37. The molecule has 126 valence electrons. The van der Waals surface area contributed by atoms with Crippen molar-refractivity contribution in [2.75, 3.05) is 18.4 Å². The number of amides is 2. The molecule has 1 unspecified atom stereocenters. The van der Waals surface area contributed by atoms with E-state index in [1.807, 2.05) is 0 Å². The molecule has 0 aliphatic carbocycles. The second-order valence-corrected chi connectivity index (χ2v) is 5.48. The molecule has 2 amide bonds. The van der Waals surface area contributed by atoms with Crippen molar-refractivity contribution in [2.24, 2.45) is 0 Å². The van der Waals surface area contributed by atoms with E-state index >= 15 is 0 Å². The molecule has 1 atom stereocenters. The Labute approximate surface area is 131 Å². The number of carbonyl (C=O) groups excluding carboxylic acids is 2. The predicted molar refractivity (Wildman–Crippen MR) is 79.1 cm³/mol. The van der Waals surface area contributed by atoms with E-state index in [-0.39, 0.29) is 17.3 Å². The largest absolute Gasteiger partial charge is 0.416 e. The van der Waals surface area contributed by atoms with Crippen molar-refractivity contribution in [3.05, 3.63) is 29.3 Å². The highest BCUT2D eigenvalue weighted by molar-refractivity contribution is 5.97. The minimum absolute atomic E-state index is 0.0588. The minimum atomic E-state index is -4.60. The molecule has 1 aliphatic rings. The Balaban J connectivity index is 2.17. The Hall–Kier alpha value is -2.09. The lowest BCUT2D eigenvalue weighted by atomic mass is 10.1. The Morgan fingerprint density at radius 1 is 1.30 bits per heavy atom. The predicted octanol–water partition coefficient (Wildman–Crippen LogP) is 2.15. The first-order valence-corrected chi connectivity index (χ1v) is 7.27. The molecule has 1 heterocycles. The van der Waals surface area contributed by atoms with Gasteiger partial charge in [0.05, 0.1) is 5.56 Å². The Bertz CT molecular complexity index is 596. The SMILES string of the molecule is CC(=O)Nc1cc(C(=O)NCC2CCCN2)cc(C(F)(F)F)c1. The number of hydrogen-bond acceptors (Lipinski definition) is 3. The van der Waals surface area contributed by atoms with Crippen LogP contribution >= 0.6 is 0 Å². The Morgan fingerprint density at radius 3 is 2.61 bits per heavy atom. The summed E-state index contributed by atoms with van der Waals surface area (Å²) in [6.45, 7) is 2.41. The minimum Gasteiger partial charge on any atom is -0.350 e. The van der Waals surface area contributed by atoms with Crippen LogP contribution in [0.5, 0.6) is 0 Å². The fraction of sp³-hybridized carbons (Fsp3) is 0.467. The summed E-state index contributed by atoms with van der Waals surface area (Å²) in [6.07, 6.45) is -2.67. The maximum absolute atomic E-state index is 12.9. The number of carbonyl (C=O) groups is 2. The maximum Gasteiger partial charge on any atom is 0.416 e. The molecule has 1 aliphatic heterocycles. The van der Waals surface area contributed by atoms with Crippen molar-refractivity contribution in [1.82, 2.24) is 10.6 Å². The molecule has 3 N–H and O–H groups in total. The summed E-state index contributed by atoms with van der Waals surface area (Å²) in [5.41, 5.74) is -1.18. The molecule has 5 nitrogen and oxygen atoms in total. The van der Waals surface area contributed by atoms with E-state index < -0.39 is 23.6 Å². The van der Waals surface area contributed by atoms with E-state index in [1.54, 1.807) is 0 Å². The van der Waals surface area contributed by atoms with Gasteiger partial charge in [0, 0.05) is 30.8 Å². The lowest BCUT2D eigenvalue weighted by molar-refractivity contribution is -0.137. The third kappa shape index (κ3) is 4.95. The zero-order valence-corrected chi connectivity index (χ0v) is 12.6. The van der Waals surface area contributed by atoms with Gasteiger partial charge in [0.15, 0.2) is 0 Å². The number of halogens is 3. The van der Waals surface area contributed by atoms with Gasteiger partial charge in [-0.3, -0.25) is 9.59 Å². The van der Waals surface area contributed by atoms with Gasteiger partial charge in [0.1, 0.15) is 0 Å². The van der Waals surface area contributed by atoms with E-state index in [0.29, 0.717) is 6.54 Å². The van der Waals surface area contributed by atoms with Gasteiger partial charge < -0.3 is 16.0 Å². The summed E-state index contributed by atoms with van der Waals surface area (Å²) in [6, 6.07) is 2.95. The molecular formula is C15H18F3N3O2. The van der Waals surface area contributed by atoms with Crippen molar-refractivity contribution < 1.29 is 22.8 Å². The highest BCUT2D eigenvalue weighted by atomic mass is 19.4. The molecule has 1 aromatic rings. The van der Waals surface area contributed by atoms with E-state index in [9.17, 15) is 22.8 Å². The van der Waals surface area contributed by atoms with Crippen LogP contribution in [0.2, 0.25) is 0 Å². The van der Waals surface area contributed by atoms with Crippen molar-refractivity contribution in [1.29, 1.82) is 0 Å². The van der Waals surface area contributed by atoms with E-state index in [2.05, 4.69) is 16.0 Å². The third-order valence-electron chi connectivity index (χ3n) is 3.51. The fourth-order valence-corrected chi connectivity index (χ4v) is 2.45. The van der Waals surface area contributed by atoms with Crippen LogP contribution in [0.3, 0.4) is 0 Å². The number of rotatable bonds is 4. The summed E-state index contributed by atoms with van der Waals surface area (Å²) in [7, 11) is 0. The van der Waals surface area contributed by atoms with Gasteiger partial charge in [-0.25, -0.2) is 0 Å². The molecule has 23 heavy (non-hydrogen) atoms. The Morgan fingerprint density at radius 2 is 2.04 bits per heavy atom. The number of hydrogen-bond donors (Lipinski definition) is 3. The van der Waals surface area contributed by atoms with Crippen LogP contribution in [-0.4, -0.2) is 30.9 Å². The van der Waals surface area contributed by atoms with Crippen LogP contribution in [0.25, 0.3) is 0 Å². The van der Waals surface area contributed by atoms with Gasteiger partial charge in [-0.2, -0.15) is 13.2 Å². The van der Waals surface area contributed by atoms with Crippen molar-refractivity contribution in [3.63, 3.8) is 0 Å². The van der Waals surface area contributed by atoms with Crippen LogP contribution < -0.4 is 16.0 Å². The summed E-state index contributed by atoms with van der Waals surface area (Å²) in [5.74, 6) is -1.11. The number of benzene rings is 1. The van der Waals surface area contributed by atoms with Gasteiger partial charge in [-0.15, -0.1) is 0 Å². The summed E-state index contributed by atoms with van der Waals surface area (Å²) < 4.78 is 38.8. The average molecular weight is 329 g/mol. The van der Waals surface area contributed by atoms with Crippen LogP contribution in [0.1, 0.15) is 35.7 Å². The number of anilines is 1. The fourth-order valence-electron chi connectivity index (χ4n) is 2.45. The smallest absolute Gasteiger partial charge is 0.350 e. The van der Waals surface area contributed by atoms with E-state index in [4.69, 9.17) is 0 Å². The van der Waals surface area contributed by atoms with Gasteiger partial charge in [0.25, 0.3) is 5.91 Å². The molecule has 8 heteroatoms. The molecule has 1 aromatic carbocycles. The maximum atomic E-state index is 12.9. The van der Waals surface area contributed by atoms with E-state index in [1.165, 1.54) is 13.0 Å². The monoisotopic (exact) mass is 329 g/mol. The highest BCUT2D eigenvalue weighted by Gasteiger charge is 2.32. The third-order valence-corrected chi connectivity index (χ3v) is 3.51. The molecule has 0 spiro atoms. The standard InChI is InChI=1S/C15H18F3N3O2/c1-9(22)21-13-6-10(5-11(7-13)15(16,17)18)14(23)20-8-12-3-2-4-19-12/h5-7,12,19H,2-4,8H2,1H3,(H,20,23)(H,21,22). The normalized spacial score (nSPS) is 17.8. The van der Waals surface area contributed by atoms with Crippen molar-refractivity contribution >= 4 is 17.5 Å². The molecule has 0 aromatic heterocycles. The lowest BCUT2D eigenvalue weighted by Gasteiger charge is -2.14. The van der Waals surface area contributed by atoms with Crippen molar-refractivity contribution in [2.45, 2.75) is 32.0 Å². The topological polar surface area (TPSA) is 70.2 Å². The van der Waals surface area contributed by atoms with Gasteiger partial charge in [-0.05, 0) is 37.6 Å². The van der Waals surface area contributed by atoms with Crippen LogP contribution in [-0.2, 0) is 11.0 Å². The Kier molecular flexibility index (Phi) is 5.25. The quantitative estimate of drug-likeness (QED) is 0.793. The van der Waals surface area contributed by atoms with Crippen LogP contribution in [0.4, 0.5) is 18.9 Å². The van der Waals surface area contributed by atoms with Gasteiger partial charge in [-0.1, -0.05) is 0 Å². The van der Waals surface area contributed by atoms with Crippen LogP contribution in [0.15, 0.2) is 18.2 Å². The molecule has 2 rings (SSSR count).